The molecule has 0 aromatic rings. The van der Waals surface area contributed by atoms with Gasteiger partial charge in [0.2, 0.25) is 0 Å². The zero-order valence-corrected chi connectivity index (χ0v) is 65.3. The molecule has 576 valence electrons. The van der Waals surface area contributed by atoms with Crippen LogP contribution in [0.2, 0.25) is 0 Å². The fraction of sp³-hybridized carbons (Fsp3) is 0.949. The number of aliphatic hydroxyl groups is 1. The summed E-state index contributed by atoms with van der Waals surface area (Å²) in [6.07, 6.45) is 55.3. The Morgan fingerprint density at radius 2 is 0.495 bits per heavy atom. The van der Waals surface area contributed by atoms with Gasteiger partial charge in [-0.05, 0) is 43.4 Å². The lowest BCUT2D eigenvalue weighted by atomic mass is 9.99. The number of rotatable bonds is 76. The van der Waals surface area contributed by atoms with E-state index in [0.29, 0.717) is 25.7 Å². The molecule has 0 aliphatic heterocycles. The molecule has 0 radical (unpaired) electrons. The smallest absolute Gasteiger partial charge is 0.462 e. The number of hydrogen-bond donors (Lipinski definition) is 3. The van der Waals surface area contributed by atoms with Crippen molar-refractivity contribution in [3.8, 4) is 0 Å². The van der Waals surface area contributed by atoms with Crippen molar-refractivity contribution >= 4 is 39.5 Å². The number of phosphoric acid groups is 2. The predicted octanol–water partition coefficient (Wildman–Crippen LogP) is 23.0. The van der Waals surface area contributed by atoms with E-state index in [1.807, 2.05) is 0 Å². The van der Waals surface area contributed by atoms with Gasteiger partial charge < -0.3 is 33.8 Å². The Labute approximate surface area is 594 Å². The summed E-state index contributed by atoms with van der Waals surface area (Å²) in [7, 11) is -9.91. The molecule has 0 amide bonds. The summed E-state index contributed by atoms with van der Waals surface area (Å²) >= 11 is 0. The van der Waals surface area contributed by atoms with E-state index in [9.17, 15) is 43.2 Å². The highest BCUT2D eigenvalue weighted by Gasteiger charge is 2.30. The normalized spacial score (nSPS) is 14.9. The van der Waals surface area contributed by atoms with Crippen LogP contribution in [0.1, 0.15) is 402 Å². The predicted molar refractivity (Wildman–Crippen MR) is 395 cm³/mol. The van der Waals surface area contributed by atoms with Gasteiger partial charge in [0, 0.05) is 25.7 Å². The first-order chi connectivity index (χ1) is 46.8. The van der Waals surface area contributed by atoms with Crippen LogP contribution in [0.25, 0.3) is 0 Å². The van der Waals surface area contributed by atoms with Crippen molar-refractivity contribution in [2.45, 2.75) is 420 Å². The Kier molecular flexibility index (Phi) is 67.1. The van der Waals surface area contributed by atoms with Gasteiger partial charge in [0.1, 0.15) is 19.3 Å². The second-order valence-corrected chi connectivity index (χ2v) is 31.7. The van der Waals surface area contributed by atoms with Crippen LogP contribution in [0.4, 0.5) is 0 Å². The molecular formula is C78H152O17P2. The van der Waals surface area contributed by atoms with E-state index in [4.69, 9.17) is 37.0 Å². The summed E-state index contributed by atoms with van der Waals surface area (Å²) in [5, 5.41) is 10.6. The molecule has 0 aromatic carbocycles. The molecule has 0 aliphatic rings. The van der Waals surface area contributed by atoms with E-state index in [2.05, 4.69) is 48.5 Å². The molecule has 0 fully saturated rings. The minimum Gasteiger partial charge on any atom is -0.462 e. The summed E-state index contributed by atoms with van der Waals surface area (Å²) < 4.78 is 68.6. The van der Waals surface area contributed by atoms with Gasteiger partial charge >= 0.3 is 39.5 Å². The average molecular weight is 1420 g/mol. The van der Waals surface area contributed by atoms with E-state index < -0.39 is 97.5 Å². The Hall–Kier alpha value is -1.94. The third-order valence-corrected chi connectivity index (χ3v) is 21.1. The lowest BCUT2D eigenvalue weighted by Crippen LogP contribution is -2.30. The van der Waals surface area contributed by atoms with Gasteiger partial charge in [-0.25, -0.2) is 9.13 Å². The quantitative estimate of drug-likeness (QED) is 0.0222. The van der Waals surface area contributed by atoms with E-state index in [1.54, 1.807) is 0 Å². The molecule has 0 bridgehead atoms. The summed E-state index contributed by atoms with van der Waals surface area (Å²) in [6, 6.07) is 0. The number of esters is 4. The van der Waals surface area contributed by atoms with Crippen LogP contribution in [0, 0.1) is 17.8 Å². The Morgan fingerprint density at radius 3 is 0.732 bits per heavy atom. The molecule has 0 aromatic heterocycles. The minimum atomic E-state index is -4.96. The lowest BCUT2D eigenvalue weighted by Gasteiger charge is -2.21. The average Bonchev–Trinajstić information content (AvgIpc) is 3.26. The molecule has 0 saturated heterocycles. The van der Waals surface area contributed by atoms with Gasteiger partial charge in [-0.3, -0.25) is 37.3 Å². The van der Waals surface area contributed by atoms with Crippen molar-refractivity contribution < 1.29 is 80.2 Å². The number of aliphatic hydroxyl groups excluding tert-OH is 1. The summed E-state index contributed by atoms with van der Waals surface area (Å²) in [6.45, 7) is 12.0. The van der Waals surface area contributed by atoms with Crippen LogP contribution >= 0.6 is 15.6 Å². The molecule has 0 aliphatic carbocycles. The van der Waals surface area contributed by atoms with E-state index >= 15 is 0 Å². The summed E-state index contributed by atoms with van der Waals surface area (Å²) in [5.74, 6) is 0.349. The van der Waals surface area contributed by atoms with Gasteiger partial charge in [-0.15, -0.1) is 0 Å². The van der Waals surface area contributed by atoms with Crippen molar-refractivity contribution in [2.75, 3.05) is 39.6 Å². The van der Waals surface area contributed by atoms with Gasteiger partial charge in [0.05, 0.1) is 26.4 Å². The number of hydrogen-bond acceptors (Lipinski definition) is 15. The maximum absolute atomic E-state index is 13.1. The molecular weight excluding hydrogens is 1270 g/mol. The van der Waals surface area contributed by atoms with Crippen molar-refractivity contribution in [1.29, 1.82) is 0 Å². The standard InChI is InChI=1S/C78H152O17P2/c1-8-12-13-14-15-28-38-45-52-59-75(80)88-65-74(95-78(83)62-55-48-41-34-33-37-44-51-58-71(7)11-4)68-93-97(86,87)91-64-72(79)63-90-96(84,85)92-67-73(94-77(82)61-54-47-40-32-27-23-19-17-21-25-30-36-43-50-57-70(6)10-3)66-89-76(81)60-53-46-39-31-26-22-18-16-20-24-29-35-42-49-56-69(5)9-2/h69-74,79H,8-68H2,1-7H3,(H,84,85)(H,86,87)/t69?,70?,71?,72-,73-,74-/m1/s1. The number of carbonyl (C=O) groups excluding carboxylic acids is 4. The third-order valence-electron chi connectivity index (χ3n) is 19.2. The maximum Gasteiger partial charge on any atom is 0.472 e. The largest absolute Gasteiger partial charge is 0.472 e. The lowest BCUT2D eigenvalue weighted by molar-refractivity contribution is -0.161. The van der Waals surface area contributed by atoms with Gasteiger partial charge in [0.25, 0.3) is 0 Å². The Morgan fingerprint density at radius 1 is 0.289 bits per heavy atom. The van der Waals surface area contributed by atoms with E-state index in [0.717, 1.165) is 108 Å². The van der Waals surface area contributed by atoms with Crippen LogP contribution in [0.5, 0.6) is 0 Å². The second-order valence-electron chi connectivity index (χ2n) is 28.8. The highest BCUT2D eigenvalue weighted by atomic mass is 31.2. The highest BCUT2D eigenvalue weighted by Crippen LogP contribution is 2.45. The van der Waals surface area contributed by atoms with Crippen molar-refractivity contribution in [3.05, 3.63) is 0 Å². The zero-order valence-electron chi connectivity index (χ0n) is 63.5. The van der Waals surface area contributed by atoms with Crippen LogP contribution < -0.4 is 0 Å². The Bertz CT molecular complexity index is 1890. The van der Waals surface area contributed by atoms with Crippen LogP contribution in [0.15, 0.2) is 0 Å². The van der Waals surface area contributed by atoms with Crippen LogP contribution in [0.3, 0.4) is 0 Å². The topological polar surface area (TPSA) is 237 Å². The van der Waals surface area contributed by atoms with Crippen molar-refractivity contribution in [2.24, 2.45) is 17.8 Å². The number of phosphoric ester groups is 2. The first-order valence-corrected chi connectivity index (χ1v) is 43.5. The molecule has 0 spiro atoms. The van der Waals surface area contributed by atoms with Gasteiger partial charge in [0.15, 0.2) is 12.2 Å². The second kappa shape index (κ2) is 68.5. The minimum absolute atomic E-state index is 0.105. The highest BCUT2D eigenvalue weighted by molar-refractivity contribution is 7.47. The van der Waals surface area contributed by atoms with Gasteiger partial charge in [-0.1, -0.05) is 350 Å². The third kappa shape index (κ3) is 68.3. The fourth-order valence-corrected chi connectivity index (χ4v) is 13.4. The molecule has 97 heavy (non-hydrogen) atoms. The molecule has 0 saturated carbocycles. The van der Waals surface area contributed by atoms with Crippen molar-refractivity contribution in [1.82, 2.24) is 0 Å². The molecule has 0 rings (SSSR count). The van der Waals surface area contributed by atoms with E-state index in [-0.39, 0.29) is 25.7 Å². The molecule has 19 heteroatoms. The summed E-state index contributed by atoms with van der Waals surface area (Å²) in [4.78, 5) is 72.8. The fourth-order valence-electron chi connectivity index (χ4n) is 11.9. The first-order valence-electron chi connectivity index (χ1n) is 40.5. The van der Waals surface area contributed by atoms with Gasteiger partial charge in [-0.2, -0.15) is 0 Å². The van der Waals surface area contributed by atoms with Crippen LogP contribution in [-0.4, -0.2) is 96.7 Å². The molecule has 17 nitrogen and oxygen atoms in total. The SMILES string of the molecule is CCCCCCCCCCCC(=O)OC[C@H](COP(=O)(O)OC[C@H](O)COP(=O)(O)OC[C@@H](COC(=O)CCCCCCCCCCCCCCCCC(C)CC)OC(=O)CCCCCCCCCCCCCCCCC(C)CC)OC(=O)CCCCCCCCCCC(C)CC. The monoisotopic (exact) mass is 1420 g/mol. The maximum atomic E-state index is 13.1. The van der Waals surface area contributed by atoms with Crippen LogP contribution in [-0.2, 0) is 65.4 Å². The van der Waals surface area contributed by atoms with E-state index in [1.165, 1.54) is 212 Å². The summed E-state index contributed by atoms with van der Waals surface area (Å²) in [5.41, 5.74) is 0. The molecule has 8 atom stereocenters. The number of unbranched alkanes of at least 4 members (excludes halogenated alkanes) is 41. The Balaban J connectivity index is 5.23. The van der Waals surface area contributed by atoms with Crippen molar-refractivity contribution in [3.63, 3.8) is 0 Å². The molecule has 5 unspecified atom stereocenters. The molecule has 3 N–H and O–H groups in total. The molecule has 0 heterocycles. The number of carbonyl (C=O) groups is 4. The number of ether oxygens (including phenoxy) is 4. The first kappa shape index (κ1) is 95.1. The zero-order chi connectivity index (χ0) is 71.6.